The van der Waals surface area contributed by atoms with Crippen molar-refractivity contribution in [2.24, 2.45) is 5.73 Å². The Balaban J connectivity index is 1.87. The SMILES string of the molecule is CCc1ccc(C2C(N)C2S(=O)(=O)c2ccc(Cl)cc2)cc1. The van der Waals surface area contributed by atoms with Crippen molar-refractivity contribution in [3.8, 4) is 0 Å². The van der Waals surface area contributed by atoms with Crippen molar-refractivity contribution in [3.63, 3.8) is 0 Å². The van der Waals surface area contributed by atoms with Crippen LogP contribution in [0.5, 0.6) is 0 Å². The summed E-state index contributed by atoms with van der Waals surface area (Å²) in [6.07, 6.45) is 0.962. The zero-order valence-electron chi connectivity index (χ0n) is 12.2. The van der Waals surface area contributed by atoms with Gasteiger partial charge >= 0.3 is 0 Å². The molecular formula is C17H18ClNO2S. The fourth-order valence-corrected chi connectivity index (χ4v) is 5.05. The summed E-state index contributed by atoms with van der Waals surface area (Å²) in [5.74, 6) is -0.133. The van der Waals surface area contributed by atoms with Gasteiger partial charge in [-0.2, -0.15) is 0 Å². The molecule has 2 aromatic carbocycles. The molecule has 0 aliphatic heterocycles. The highest BCUT2D eigenvalue weighted by atomic mass is 35.5. The van der Waals surface area contributed by atoms with Crippen molar-refractivity contribution in [1.29, 1.82) is 0 Å². The van der Waals surface area contributed by atoms with Crippen LogP contribution in [0.1, 0.15) is 24.0 Å². The smallest absolute Gasteiger partial charge is 0.183 e. The van der Waals surface area contributed by atoms with Crippen LogP contribution in [-0.4, -0.2) is 19.7 Å². The molecule has 1 aliphatic rings. The third-order valence-corrected chi connectivity index (χ3v) is 6.79. The van der Waals surface area contributed by atoms with Crippen molar-refractivity contribution in [2.75, 3.05) is 0 Å². The molecule has 1 aliphatic carbocycles. The van der Waals surface area contributed by atoms with E-state index in [4.69, 9.17) is 17.3 Å². The molecular weight excluding hydrogens is 318 g/mol. The van der Waals surface area contributed by atoms with Gasteiger partial charge in [0.15, 0.2) is 9.84 Å². The molecule has 1 fully saturated rings. The van der Waals surface area contributed by atoms with Crippen molar-refractivity contribution in [3.05, 3.63) is 64.7 Å². The predicted molar refractivity (Wildman–Crippen MR) is 89.0 cm³/mol. The Morgan fingerprint density at radius 1 is 1.05 bits per heavy atom. The lowest BCUT2D eigenvalue weighted by Gasteiger charge is -2.05. The van der Waals surface area contributed by atoms with Crippen molar-refractivity contribution < 1.29 is 8.42 Å². The Kier molecular flexibility index (Phi) is 4.02. The number of sulfone groups is 1. The monoisotopic (exact) mass is 335 g/mol. The molecule has 0 spiro atoms. The van der Waals surface area contributed by atoms with Gasteiger partial charge < -0.3 is 5.73 Å². The molecule has 2 N–H and O–H groups in total. The van der Waals surface area contributed by atoms with Crippen LogP contribution in [0.3, 0.4) is 0 Å². The first-order chi connectivity index (χ1) is 10.4. The average molecular weight is 336 g/mol. The lowest BCUT2D eigenvalue weighted by atomic mass is 10.1. The Hall–Kier alpha value is -1.36. The van der Waals surface area contributed by atoms with E-state index in [0.717, 1.165) is 12.0 Å². The lowest BCUT2D eigenvalue weighted by Crippen LogP contribution is -2.15. The molecule has 0 saturated heterocycles. The van der Waals surface area contributed by atoms with E-state index in [1.165, 1.54) is 5.56 Å². The van der Waals surface area contributed by atoms with Gasteiger partial charge in [0.1, 0.15) is 0 Å². The predicted octanol–water partition coefficient (Wildman–Crippen LogP) is 3.17. The van der Waals surface area contributed by atoms with E-state index in [9.17, 15) is 8.42 Å². The van der Waals surface area contributed by atoms with Gasteiger partial charge in [0.2, 0.25) is 0 Å². The zero-order valence-corrected chi connectivity index (χ0v) is 13.8. The molecule has 0 bridgehead atoms. The van der Waals surface area contributed by atoms with Gasteiger partial charge in [-0.1, -0.05) is 42.8 Å². The van der Waals surface area contributed by atoms with Crippen molar-refractivity contribution in [1.82, 2.24) is 0 Å². The van der Waals surface area contributed by atoms with Crippen LogP contribution in [0, 0.1) is 0 Å². The molecule has 2 aromatic rings. The van der Waals surface area contributed by atoms with Crippen LogP contribution in [0.2, 0.25) is 5.02 Å². The molecule has 0 heterocycles. The second kappa shape index (κ2) is 5.69. The van der Waals surface area contributed by atoms with Gasteiger partial charge in [-0.15, -0.1) is 0 Å². The highest BCUT2D eigenvalue weighted by molar-refractivity contribution is 7.92. The number of aryl methyl sites for hydroxylation is 1. The molecule has 0 amide bonds. The summed E-state index contributed by atoms with van der Waals surface area (Å²) in [6.45, 7) is 2.09. The molecule has 3 rings (SSSR count). The van der Waals surface area contributed by atoms with Crippen LogP contribution in [0.4, 0.5) is 0 Å². The third-order valence-electron chi connectivity index (χ3n) is 4.28. The Morgan fingerprint density at radius 2 is 1.64 bits per heavy atom. The van der Waals surface area contributed by atoms with Gasteiger partial charge in [0, 0.05) is 17.0 Å². The zero-order chi connectivity index (χ0) is 15.9. The molecule has 22 heavy (non-hydrogen) atoms. The van der Waals surface area contributed by atoms with Gasteiger partial charge in [-0.25, -0.2) is 8.42 Å². The molecule has 0 radical (unpaired) electrons. The van der Waals surface area contributed by atoms with Crippen LogP contribution < -0.4 is 5.73 Å². The second-order valence-electron chi connectivity index (χ2n) is 5.66. The average Bonchev–Trinajstić information content (AvgIpc) is 3.20. The third kappa shape index (κ3) is 2.67. The van der Waals surface area contributed by atoms with E-state index in [1.54, 1.807) is 24.3 Å². The second-order valence-corrected chi connectivity index (χ2v) is 8.20. The Bertz CT molecular complexity index is 769. The van der Waals surface area contributed by atoms with E-state index in [1.807, 2.05) is 24.3 Å². The van der Waals surface area contributed by atoms with E-state index in [0.29, 0.717) is 5.02 Å². The summed E-state index contributed by atoms with van der Waals surface area (Å²) in [5.41, 5.74) is 8.29. The Labute approximate surface area is 136 Å². The molecule has 116 valence electrons. The molecule has 3 nitrogen and oxygen atoms in total. The van der Waals surface area contributed by atoms with E-state index >= 15 is 0 Å². The maximum absolute atomic E-state index is 12.7. The standard InChI is InChI=1S/C17H18ClNO2S/c1-2-11-3-5-12(6-4-11)15-16(19)17(15)22(20,21)14-9-7-13(18)8-10-14/h3-10,15-17H,2,19H2,1H3. The fraction of sp³-hybridized carbons (Fsp3) is 0.294. The van der Waals surface area contributed by atoms with Crippen LogP contribution in [0.15, 0.2) is 53.4 Å². The number of hydrogen-bond donors (Lipinski definition) is 1. The quantitative estimate of drug-likeness (QED) is 0.933. The summed E-state index contributed by atoms with van der Waals surface area (Å²) in [6, 6.07) is 14.0. The van der Waals surface area contributed by atoms with Crippen LogP contribution in [-0.2, 0) is 16.3 Å². The minimum atomic E-state index is -3.43. The highest BCUT2D eigenvalue weighted by Crippen LogP contribution is 2.47. The van der Waals surface area contributed by atoms with Crippen molar-refractivity contribution in [2.45, 2.75) is 35.4 Å². The summed E-state index contributed by atoms with van der Waals surface area (Å²) in [7, 11) is -3.43. The molecule has 5 heteroatoms. The number of rotatable bonds is 4. The largest absolute Gasteiger partial charge is 0.326 e. The number of halogens is 1. The summed E-state index contributed by atoms with van der Waals surface area (Å²) >= 11 is 5.82. The molecule has 1 saturated carbocycles. The van der Waals surface area contributed by atoms with Gasteiger partial charge in [-0.3, -0.25) is 0 Å². The van der Waals surface area contributed by atoms with Crippen molar-refractivity contribution >= 4 is 21.4 Å². The molecule has 3 unspecified atom stereocenters. The summed E-state index contributed by atoms with van der Waals surface area (Å²) in [4.78, 5) is 0.282. The fourth-order valence-electron chi connectivity index (χ4n) is 2.87. The lowest BCUT2D eigenvalue weighted by molar-refractivity contribution is 0.593. The summed E-state index contributed by atoms with van der Waals surface area (Å²) < 4.78 is 25.4. The topological polar surface area (TPSA) is 60.2 Å². The normalized spacial score (nSPS) is 24.2. The molecule has 3 atom stereocenters. The first-order valence-corrected chi connectivity index (χ1v) is 9.21. The minimum Gasteiger partial charge on any atom is -0.326 e. The van der Waals surface area contributed by atoms with Crippen LogP contribution in [0.25, 0.3) is 0 Å². The minimum absolute atomic E-state index is 0.133. The van der Waals surface area contributed by atoms with E-state index in [-0.39, 0.29) is 16.9 Å². The first kappa shape index (κ1) is 15.5. The molecule has 0 aromatic heterocycles. The summed E-state index contributed by atoms with van der Waals surface area (Å²) in [5, 5.41) is -0.0353. The van der Waals surface area contributed by atoms with E-state index in [2.05, 4.69) is 6.92 Å². The first-order valence-electron chi connectivity index (χ1n) is 7.29. The number of nitrogens with two attached hydrogens (primary N) is 1. The number of benzene rings is 2. The van der Waals surface area contributed by atoms with Crippen LogP contribution >= 0.6 is 11.6 Å². The van der Waals surface area contributed by atoms with Gasteiger partial charge in [-0.05, 0) is 41.8 Å². The highest BCUT2D eigenvalue weighted by Gasteiger charge is 2.57. The maximum atomic E-state index is 12.7. The maximum Gasteiger partial charge on any atom is 0.183 e. The number of hydrogen-bond acceptors (Lipinski definition) is 3. The van der Waals surface area contributed by atoms with Gasteiger partial charge in [0.05, 0.1) is 10.1 Å². The van der Waals surface area contributed by atoms with E-state index < -0.39 is 15.1 Å². The Morgan fingerprint density at radius 3 is 2.18 bits per heavy atom. The van der Waals surface area contributed by atoms with Gasteiger partial charge in [0.25, 0.3) is 0 Å².